The van der Waals surface area contributed by atoms with Crippen molar-refractivity contribution < 1.29 is 18.3 Å². The summed E-state index contributed by atoms with van der Waals surface area (Å²) in [5.74, 6) is -1.43. The van der Waals surface area contributed by atoms with E-state index in [0.717, 1.165) is 16.8 Å². The van der Waals surface area contributed by atoms with Gasteiger partial charge in [-0.1, -0.05) is 0 Å². The normalized spacial score (nSPS) is 19.5. The van der Waals surface area contributed by atoms with E-state index in [-0.39, 0.29) is 5.69 Å². The zero-order chi connectivity index (χ0) is 24.7. The molecule has 4 heterocycles. The van der Waals surface area contributed by atoms with E-state index in [0.29, 0.717) is 49.0 Å². The number of piperazine rings is 1. The Morgan fingerprint density at radius 1 is 1.03 bits per heavy atom. The predicted octanol–water partition coefficient (Wildman–Crippen LogP) is 3.46. The van der Waals surface area contributed by atoms with Crippen molar-refractivity contribution in [3.05, 3.63) is 58.1 Å². The molecule has 1 saturated heterocycles. The van der Waals surface area contributed by atoms with Crippen LogP contribution in [-0.2, 0) is 0 Å². The van der Waals surface area contributed by atoms with Crippen LogP contribution in [0.3, 0.4) is 0 Å². The molecule has 5 rings (SSSR count). The molecule has 1 fully saturated rings. The Hall–Kier alpha value is -3.09. The molecule has 1 aromatic carbocycles. The van der Waals surface area contributed by atoms with E-state index in [1.807, 2.05) is 23.6 Å². The lowest BCUT2D eigenvalue weighted by Crippen LogP contribution is -2.55. The van der Waals surface area contributed by atoms with Crippen LogP contribution in [0.4, 0.5) is 19.1 Å². The summed E-state index contributed by atoms with van der Waals surface area (Å²) >= 11 is 1.39. The maximum absolute atomic E-state index is 14.5. The fourth-order valence-electron chi connectivity index (χ4n) is 4.45. The third-order valence-corrected chi connectivity index (χ3v) is 7.22. The number of aryl methyl sites for hydroxylation is 2. The molecular formula is C23H24F3N7OS. The van der Waals surface area contributed by atoms with E-state index in [1.54, 1.807) is 6.21 Å². The van der Waals surface area contributed by atoms with Crippen molar-refractivity contribution in [2.75, 3.05) is 31.1 Å². The van der Waals surface area contributed by atoms with Gasteiger partial charge < -0.3 is 10.0 Å². The van der Waals surface area contributed by atoms with Gasteiger partial charge in [-0.15, -0.1) is 11.3 Å². The number of hydrogen-bond donors (Lipinski definition) is 1. The van der Waals surface area contributed by atoms with Crippen molar-refractivity contribution in [2.24, 2.45) is 5.10 Å². The van der Waals surface area contributed by atoms with Gasteiger partial charge in [0.25, 0.3) is 0 Å². The number of aliphatic hydroxyl groups is 1. The molecule has 184 valence electrons. The zero-order valence-electron chi connectivity index (χ0n) is 19.2. The van der Waals surface area contributed by atoms with Crippen molar-refractivity contribution in [1.82, 2.24) is 24.9 Å². The maximum Gasteiger partial charge on any atom is 0.226 e. The van der Waals surface area contributed by atoms with E-state index in [2.05, 4.69) is 20.1 Å². The van der Waals surface area contributed by atoms with Gasteiger partial charge in [0.2, 0.25) is 12.3 Å². The average Bonchev–Trinajstić information content (AvgIpc) is 3.44. The molecule has 2 aliphatic rings. The minimum Gasteiger partial charge on any atom is -0.360 e. The van der Waals surface area contributed by atoms with E-state index in [4.69, 9.17) is 0 Å². The third kappa shape index (κ3) is 4.73. The van der Waals surface area contributed by atoms with Gasteiger partial charge in [0, 0.05) is 44.9 Å². The molecule has 0 saturated carbocycles. The molecule has 35 heavy (non-hydrogen) atoms. The number of aromatic nitrogens is 3. The van der Waals surface area contributed by atoms with Gasteiger partial charge in [-0.2, -0.15) is 5.10 Å². The molecule has 3 aromatic rings. The summed E-state index contributed by atoms with van der Waals surface area (Å²) in [6.45, 7) is 5.62. The second-order valence-corrected chi connectivity index (χ2v) is 9.72. The number of halogens is 3. The van der Waals surface area contributed by atoms with Crippen LogP contribution in [0.2, 0.25) is 0 Å². The lowest BCUT2D eigenvalue weighted by molar-refractivity contribution is -0.126. The summed E-state index contributed by atoms with van der Waals surface area (Å²) in [5, 5.41) is 17.6. The van der Waals surface area contributed by atoms with Gasteiger partial charge in [-0.25, -0.2) is 33.1 Å². The number of rotatable bonds is 5. The lowest BCUT2D eigenvalue weighted by atomic mass is 10.0. The quantitative estimate of drug-likeness (QED) is 0.571. The zero-order valence-corrected chi connectivity index (χ0v) is 20.0. The lowest BCUT2D eigenvalue weighted by Gasteiger charge is -2.41. The Labute approximate surface area is 204 Å². The Morgan fingerprint density at radius 2 is 1.74 bits per heavy atom. The first-order valence-electron chi connectivity index (χ1n) is 11.2. The number of anilines is 1. The minimum atomic E-state index is -1.07. The topological polar surface area (TPSA) is 81.0 Å². The molecule has 2 aromatic heterocycles. The highest BCUT2D eigenvalue weighted by Crippen LogP contribution is 2.33. The smallest absolute Gasteiger partial charge is 0.226 e. The largest absolute Gasteiger partial charge is 0.360 e. The highest BCUT2D eigenvalue weighted by Gasteiger charge is 2.34. The molecule has 0 radical (unpaired) electrons. The summed E-state index contributed by atoms with van der Waals surface area (Å²) in [7, 11) is 0. The van der Waals surface area contributed by atoms with Crippen molar-refractivity contribution in [2.45, 2.75) is 32.7 Å². The number of benzene rings is 1. The molecule has 0 amide bonds. The Balaban J connectivity index is 1.28. The fraction of sp³-hybridized carbons (Fsp3) is 0.391. The second-order valence-electron chi connectivity index (χ2n) is 8.52. The van der Waals surface area contributed by atoms with E-state index in [9.17, 15) is 18.3 Å². The van der Waals surface area contributed by atoms with Crippen molar-refractivity contribution in [3.8, 4) is 10.6 Å². The monoisotopic (exact) mass is 503 g/mol. The SMILES string of the molecule is Cc1nc(C)c(-c2nc(N3CCN(C(O)N4N=CC[C@H]4c4cc(F)cc(F)c4)CC3)ncc2F)s1. The van der Waals surface area contributed by atoms with Gasteiger partial charge in [0.05, 0.1) is 27.8 Å². The van der Waals surface area contributed by atoms with Crippen LogP contribution < -0.4 is 4.90 Å². The first-order chi connectivity index (χ1) is 16.8. The van der Waals surface area contributed by atoms with Crippen LogP contribution in [0.15, 0.2) is 29.5 Å². The van der Waals surface area contributed by atoms with Crippen molar-refractivity contribution >= 4 is 23.5 Å². The molecular weight excluding hydrogens is 479 g/mol. The molecule has 12 heteroatoms. The van der Waals surface area contributed by atoms with Crippen LogP contribution in [0.1, 0.15) is 28.7 Å². The van der Waals surface area contributed by atoms with Gasteiger partial charge in [-0.3, -0.25) is 4.90 Å². The van der Waals surface area contributed by atoms with Gasteiger partial charge in [-0.05, 0) is 31.5 Å². The summed E-state index contributed by atoms with van der Waals surface area (Å²) in [6, 6.07) is 2.87. The summed E-state index contributed by atoms with van der Waals surface area (Å²) in [5.41, 5.74) is 1.37. The van der Waals surface area contributed by atoms with Crippen molar-refractivity contribution in [3.63, 3.8) is 0 Å². The van der Waals surface area contributed by atoms with Crippen LogP contribution >= 0.6 is 11.3 Å². The summed E-state index contributed by atoms with van der Waals surface area (Å²) < 4.78 is 42.0. The highest BCUT2D eigenvalue weighted by molar-refractivity contribution is 7.15. The average molecular weight is 504 g/mol. The van der Waals surface area contributed by atoms with Crippen LogP contribution in [-0.4, -0.2) is 68.7 Å². The summed E-state index contributed by atoms with van der Waals surface area (Å²) in [4.78, 5) is 17.5. The molecule has 8 nitrogen and oxygen atoms in total. The molecule has 1 unspecified atom stereocenters. The molecule has 2 atom stereocenters. The Morgan fingerprint density at radius 3 is 2.40 bits per heavy atom. The van der Waals surface area contributed by atoms with Gasteiger partial charge >= 0.3 is 0 Å². The minimum absolute atomic E-state index is 0.233. The van der Waals surface area contributed by atoms with E-state index >= 15 is 0 Å². The number of thiazole rings is 1. The fourth-order valence-corrected chi connectivity index (χ4v) is 5.36. The molecule has 0 aliphatic carbocycles. The van der Waals surface area contributed by atoms with E-state index < -0.39 is 29.8 Å². The molecule has 2 aliphatic heterocycles. The number of nitrogens with zero attached hydrogens (tertiary/aromatic N) is 7. The predicted molar refractivity (Wildman–Crippen MR) is 126 cm³/mol. The molecule has 1 N–H and O–H groups in total. The van der Waals surface area contributed by atoms with Gasteiger partial charge in [0.15, 0.2) is 5.82 Å². The van der Waals surface area contributed by atoms with Gasteiger partial charge in [0.1, 0.15) is 17.3 Å². The second kappa shape index (κ2) is 9.51. The van der Waals surface area contributed by atoms with Crippen LogP contribution in [0.5, 0.6) is 0 Å². The number of hydrogen-bond acceptors (Lipinski definition) is 9. The van der Waals surface area contributed by atoms with Crippen molar-refractivity contribution in [1.29, 1.82) is 0 Å². The molecule has 0 bridgehead atoms. The Kier molecular flexibility index (Phi) is 6.43. The first-order valence-corrected chi connectivity index (χ1v) is 12.0. The molecule has 0 spiro atoms. The van der Waals surface area contributed by atoms with Crippen LogP contribution in [0, 0.1) is 31.3 Å². The summed E-state index contributed by atoms with van der Waals surface area (Å²) in [6.07, 6.45) is 2.17. The standard InChI is InChI=1S/C23H24F3N7OS/c1-13-21(35-14(2)29-13)20-18(26)12-27-22(30-20)31-5-7-32(8-6-31)23(34)33-19(3-4-28-33)15-9-16(24)11-17(25)10-15/h4,9-12,19,23,34H,3,5-8H2,1-2H3/t19-,23?/m0/s1. The number of aliphatic hydroxyl groups excluding tert-OH is 1. The third-order valence-electron chi connectivity index (χ3n) is 6.14. The Bertz CT molecular complexity index is 1240. The number of hydrazone groups is 1. The first kappa shape index (κ1) is 23.6. The van der Waals surface area contributed by atoms with E-state index in [1.165, 1.54) is 34.7 Å². The maximum atomic E-state index is 14.5. The highest BCUT2D eigenvalue weighted by atomic mass is 32.1. The van der Waals surface area contributed by atoms with Crippen LogP contribution in [0.25, 0.3) is 10.6 Å².